The number of benzene rings is 1. The van der Waals surface area contributed by atoms with Crippen LogP contribution in [0.15, 0.2) is 18.2 Å². The number of nitrogens with two attached hydrogens (primary N) is 1. The zero-order valence-electron chi connectivity index (χ0n) is 15.6. The number of aromatic nitrogens is 1. The Morgan fingerprint density at radius 1 is 1.31 bits per heavy atom. The Labute approximate surface area is 153 Å². The van der Waals surface area contributed by atoms with E-state index in [1.54, 1.807) is 30.0 Å². The topological polar surface area (TPSA) is 94.6 Å². The number of anilines is 1. The molecule has 0 saturated heterocycles. The molecule has 0 fully saturated rings. The SMILES string of the molecule is CCS(=O)(=O)n1c2c(c3cc(N)ccc31)CN(C(=O)OC(C)(C)C)CC2. The number of hydrogen-bond acceptors (Lipinski definition) is 5. The summed E-state index contributed by atoms with van der Waals surface area (Å²) in [5.74, 6) is 0.00335. The summed E-state index contributed by atoms with van der Waals surface area (Å²) in [6.45, 7) is 7.80. The summed E-state index contributed by atoms with van der Waals surface area (Å²) in [5, 5.41) is 0.769. The Hall–Kier alpha value is -2.22. The first-order valence-electron chi connectivity index (χ1n) is 8.66. The predicted octanol–water partition coefficient (Wildman–Crippen LogP) is 2.71. The fourth-order valence-corrected chi connectivity index (χ4v) is 4.52. The molecule has 2 aromatic rings. The lowest BCUT2D eigenvalue weighted by atomic mass is 10.0. The number of fused-ring (bicyclic) bond motifs is 3. The highest BCUT2D eigenvalue weighted by atomic mass is 32.2. The molecule has 0 spiro atoms. The van der Waals surface area contributed by atoms with Gasteiger partial charge in [-0.15, -0.1) is 0 Å². The van der Waals surface area contributed by atoms with Crippen molar-refractivity contribution in [1.29, 1.82) is 0 Å². The molecule has 0 aliphatic carbocycles. The predicted molar refractivity (Wildman–Crippen MR) is 102 cm³/mol. The minimum Gasteiger partial charge on any atom is -0.444 e. The van der Waals surface area contributed by atoms with Crippen LogP contribution >= 0.6 is 0 Å². The van der Waals surface area contributed by atoms with Gasteiger partial charge >= 0.3 is 6.09 Å². The molecule has 1 amide bonds. The molecule has 0 atom stereocenters. The Bertz CT molecular complexity index is 970. The number of carbonyl (C=O) groups excluding carboxylic acids is 1. The first kappa shape index (κ1) is 18.6. The molecule has 142 valence electrons. The lowest BCUT2D eigenvalue weighted by Crippen LogP contribution is -2.40. The Balaban J connectivity index is 2.11. The van der Waals surface area contributed by atoms with Crippen molar-refractivity contribution in [3.8, 4) is 0 Å². The van der Waals surface area contributed by atoms with Crippen molar-refractivity contribution in [1.82, 2.24) is 8.87 Å². The number of carbonyl (C=O) groups is 1. The van der Waals surface area contributed by atoms with E-state index >= 15 is 0 Å². The van der Waals surface area contributed by atoms with Crippen molar-refractivity contribution in [2.45, 2.75) is 46.3 Å². The van der Waals surface area contributed by atoms with Crippen LogP contribution in [-0.2, 0) is 27.7 Å². The second kappa shape index (κ2) is 6.19. The summed E-state index contributed by atoms with van der Waals surface area (Å²) < 4.78 is 32.2. The largest absolute Gasteiger partial charge is 0.444 e. The van der Waals surface area contributed by atoms with Crippen molar-refractivity contribution in [2.24, 2.45) is 0 Å². The van der Waals surface area contributed by atoms with E-state index in [1.807, 2.05) is 20.8 Å². The molecule has 2 N–H and O–H groups in total. The van der Waals surface area contributed by atoms with Crippen molar-refractivity contribution in [3.05, 3.63) is 29.5 Å². The van der Waals surface area contributed by atoms with E-state index in [0.29, 0.717) is 30.7 Å². The molecule has 3 rings (SSSR count). The third-order valence-electron chi connectivity index (χ3n) is 4.42. The number of nitrogen functional groups attached to an aromatic ring is 1. The van der Waals surface area contributed by atoms with Gasteiger partial charge in [0.25, 0.3) is 0 Å². The van der Waals surface area contributed by atoms with E-state index in [2.05, 4.69) is 0 Å². The summed E-state index contributed by atoms with van der Waals surface area (Å²) >= 11 is 0. The maximum absolute atomic E-state index is 12.7. The van der Waals surface area contributed by atoms with E-state index in [0.717, 1.165) is 16.6 Å². The minimum absolute atomic E-state index is 0.00335. The van der Waals surface area contributed by atoms with Gasteiger partial charge in [-0.1, -0.05) is 0 Å². The number of hydrogen-bond donors (Lipinski definition) is 1. The van der Waals surface area contributed by atoms with Crippen LogP contribution < -0.4 is 5.73 Å². The molecule has 1 aromatic carbocycles. The van der Waals surface area contributed by atoms with Crippen molar-refractivity contribution in [2.75, 3.05) is 18.0 Å². The molecule has 0 radical (unpaired) electrons. The fraction of sp³-hybridized carbons (Fsp3) is 0.500. The van der Waals surface area contributed by atoms with Crippen LogP contribution in [0.2, 0.25) is 0 Å². The summed E-state index contributed by atoms with van der Waals surface area (Å²) in [5.41, 5.74) is 8.05. The second-order valence-corrected chi connectivity index (χ2v) is 9.63. The van der Waals surface area contributed by atoms with Crippen molar-refractivity contribution < 1.29 is 17.9 Å². The third-order valence-corrected chi connectivity index (χ3v) is 6.12. The second-order valence-electron chi connectivity index (χ2n) is 7.52. The average molecular weight is 379 g/mol. The average Bonchev–Trinajstić information content (AvgIpc) is 2.87. The molecular weight excluding hydrogens is 354 g/mol. The summed E-state index contributed by atoms with van der Waals surface area (Å²) in [6, 6.07) is 5.20. The minimum atomic E-state index is -3.46. The van der Waals surface area contributed by atoms with Crippen molar-refractivity contribution in [3.63, 3.8) is 0 Å². The van der Waals surface area contributed by atoms with E-state index in [-0.39, 0.29) is 5.75 Å². The molecule has 1 aromatic heterocycles. The molecule has 26 heavy (non-hydrogen) atoms. The zero-order valence-corrected chi connectivity index (χ0v) is 16.4. The fourth-order valence-electron chi connectivity index (χ4n) is 3.26. The monoisotopic (exact) mass is 379 g/mol. The normalized spacial score (nSPS) is 15.2. The lowest BCUT2D eigenvalue weighted by molar-refractivity contribution is 0.0224. The maximum atomic E-state index is 12.7. The van der Waals surface area contributed by atoms with Crippen LogP contribution in [0.1, 0.15) is 39.0 Å². The van der Waals surface area contributed by atoms with Crippen LogP contribution in [0.25, 0.3) is 10.9 Å². The van der Waals surface area contributed by atoms with Gasteiger partial charge in [-0.05, 0) is 45.9 Å². The molecule has 0 unspecified atom stereocenters. The van der Waals surface area contributed by atoms with Gasteiger partial charge in [0.05, 0.1) is 17.8 Å². The molecular formula is C18H25N3O4S. The summed E-state index contributed by atoms with van der Waals surface area (Å²) in [4.78, 5) is 14.1. The van der Waals surface area contributed by atoms with Gasteiger partial charge in [-0.25, -0.2) is 17.2 Å². The summed E-state index contributed by atoms with van der Waals surface area (Å²) in [6.07, 6.45) is 0.0499. The van der Waals surface area contributed by atoms with E-state index in [4.69, 9.17) is 10.5 Å². The number of rotatable bonds is 2. The summed E-state index contributed by atoms with van der Waals surface area (Å²) in [7, 11) is -3.46. The van der Waals surface area contributed by atoms with Crippen LogP contribution in [0.5, 0.6) is 0 Å². The molecule has 0 bridgehead atoms. The molecule has 8 heteroatoms. The van der Waals surface area contributed by atoms with E-state index in [1.165, 1.54) is 3.97 Å². The Morgan fingerprint density at radius 2 is 2.00 bits per heavy atom. The van der Waals surface area contributed by atoms with Gasteiger partial charge in [-0.2, -0.15) is 0 Å². The molecule has 1 aliphatic heterocycles. The van der Waals surface area contributed by atoms with Gasteiger partial charge in [0.2, 0.25) is 10.0 Å². The van der Waals surface area contributed by atoms with Gasteiger partial charge in [0.1, 0.15) is 5.60 Å². The van der Waals surface area contributed by atoms with Gasteiger partial charge in [-0.3, -0.25) is 0 Å². The van der Waals surface area contributed by atoms with Gasteiger partial charge in [0, 0.05) is 35.3 Å². The van der Waals surface area contributed by atoms with Crippen molar-refractivity contribution >= 4 is 32.7 Å². The quantitative estimate of drug-likeness (QED) is 0.810. The molecule has 0 saturated carbocycles. The number of nitrogens with zero attached hydrogens (tertiary/aromatic N) is 2. The first-order chi connectivity index (χ1) is 12.0. The van der Waals surface area contributed by atoms with Gasteiger partial charge in [0.15, 0.2) is 0 Å². The highest BCUT2D eigenvalue weighted by molar-refractivity contribution is 7.90. The number of ether oxygens (including phenoxy) is 1. The van der Waals surface area contributed by atoms with Crippen LogP contribution in [0, 0.1) is 0 Å². The van der Waals surface area contributed by atoms with Gasteiger partial charge < -0.3 is 15.4 Å². The molecule has 2 heterocycles. The standard InChI is InChI=1S/C18H25N3O4S/c1-5-26(23,24)21-15-7-6-12(19)10-13(15)14-11-20(9-8-16(14)21)17(22)25-18(2,3)4/h6-7,10H,5,8-9,11,19H2,1-4H3. The maximum Gasteiger partial charge on any atom is 0.410 e. The highest BCUT2D eigenvalue weighted by Crippen LogP contribution is 2.34. The molecule has 1 aliphatic rings. The van der Waals surface area contributed by atoms with Crippen LogP contribution in [0.4, 0.5) is 10.5 Å². The lowest BCUT2D eigenvalue weighted by Gasteiger charge is -2.30. The highest BCUT2D eigenvalue weighted by Gasteiger charge is 2.32. The number of amides is 1. The van der Waals surface area contributed by atoms with E-state index < -0.39 is 21.7 Å². The van der Waals surface area contributed by atoms with Crippen LogP contribution in [0.3, 0.4) is 0 Å². The van der Waals surface area contributed by atoms with Crippen LogP contribution in [-0.4, -0.2) is 41.3 Å². The zero-order chi connectivity index (χ0) is 19.3. The first-order valence-corrected chi connectivity index (χ1v) is 10.3. The molecule has 7 nitrogen and oxygen atoms in total. The smallest absolute Gasteiger partial charge is 0.410 e. The Morgan fingerprint density at radius 3 is 2.62 bits per heavy atom. The third kappa shape index (κ3) is 3.25. The Kier molecular flexibility index (Phi) is 4.42. The van der Waals surface area contributed by atoms with E-state index in [9.17, 15) is 13.2 Å².